The van der Waals surface area contributed by atoms with Gasteiger partial charge in [-0.15, -0.1) is 0 Å². The molecular formula is C46H50FN5O7Si. The number of carbonyl (C=O) groups is 6. The molecule has 0 aliphatic carbocycles. The van der Waals surface area contributed by atoms with E-state index in [1.54, 1.807) is 0 Å². The fraction of sp³-hybridized carbons (Fsp3) is 0.391. The highest BCUT2D eigenvalue weighted by molar-refractivity contribution is 7.03. The molecule has 8 rings (SSSR count). The normalized spacial score (nSPS) is 21.1. The summed E-state index contributed by atoms with van der Waals surface area (Å²) in [5.74, 6) is -4.08. The van der Waals surface area contributed by atoms with Crippen LogP contribution < -0.4 is 16.1 Å². The molecule has 5 aliphatic rings. The van der Waals surface area contributed by atoms with Crippen LogP contribution in [0.15, 0.2) is 72.8 Å². The van der Waals surface area contributed by atoms with Gasteiger partial charge in [-0.2, -0.15) is 0 Å². The van der Waals surface area contributed by atoms with Crippen LogP contribution in [-0.4, -0.2) is 102 Å². The van der Waals surface area contributed by atoms with Gasteiger partial charge in [0.15, 0.2) is 5.60 Å². The van der Waals surface area contributed by atoms with E-state index < -0.39 is 43.7 Å². The van der Waals surface area contributed by atoms with Crippen molar-refractivity contribution in [1.29, 1.82) is 0 Å². The van der Waals surface area contributed by atoms with Crippen LogP contribution in [0, 0.1) is 5.82 Å². The molecule has 1 fully saturated rings. The van der Waals surface area contributed by atoms with Gasteiger partial charge in [-0.25, -0.2) is 9.18 Å². The van der Waals surface area contributed by atoms with Crippen molar-refractivity contribution in [2.45, 2.75) is 89.8 Å². The molecule has 5 amide bonds. The molecule has 3 aromatic carbocycles. The van der Waals surface area contributed by atoms with E-state index in [0.29, 0.717) is 44.6 Å². The lowest BCUT2D eigenvalue weighted by Crippen LogP contribution is -2.67. The third-order valence-electron chi connectivity index (χ3n) is 13.5. The van der Waals surface area contributed by atoms with Gasteiger partial charge in [-0.1, -0.05) is 83.4 Å². The van der Waals surface area contributed by atoms with Gasteiger partial charge < -0.3 is 10.5 Å². The fourth-order valence-electron chi connectivity index (χ4n) is 10.6. The molecular weight excluding hydrogens is 782 g/mol. The molecule has 0 radical (unpaired) electrons. The first-order chi connectivity index (χ1) is 28.8. The molecule has 2 N–H and O–H groups in total. The van der Waals surface area contributed by atoms with Crippen molar-refractivity contribution in [2.75, 3.05) is 26.2 Å². The van der Waals surface area contributed by atoms with Crippen LogP contribution in [0.25, 0.3) is 0 Å². The Hall–Kier alpha value is -5.57. The summed E-state index contributed by atoms with van der Waals surface area (Å²) in [6.07, 6.45) is 7.80. The largest absolute Gasteiger partial charge is 0.441 e. The second-order valence-electron chi connectivity index (χ2n) is 16.3. The number of nitrogens with two attached hydrogens (primary N) is 1. The maximum absolute atomic E-state index is 15.4. The molecule has 3 aromatic rings. The zero-order valence-corrected chi connectivity index (χ0v) is 35.5. The smallest absolute Gasteiger partial charge is 0.340 e. The van der Waals surface area contributed by atoms with Crippen LogP contribution in [0.4, 0.5) is 4.39 Å². The number of esters is 1. The lowest BCUT2D eigenvalue weighted by molar-refractivity contribution is -0.145. The summed E-state index contributed by atoms with van der Waals surface area (Å²) in [5.41, 5.74) is 7.39. The number of hydrogen-bond acceptors (Lipinski definition) is 9. The van der Waals surface area contributed by atoms with Gasteiger partial charge in [-0.3, -0.25) is 43.6 Å². The van der Waals surface area contributed by atoms with E-state index in [-0.39, 0.29) is 34.8 Å². The Bertz CT molecular complexity index is 2250. The Balaban J connectivity index is 1.36. The van der Waals surface area contributed by atoms with Crippen molar-refractivity contribution >= 4 is 54.0 Å². The monoisotopic (exact) mass is 831 g/mol. The average molecular weight is 832 g/mol. The zero-order valence-electron chi connectivity index (χ0n) is 34.5. The Morgan fingerprint density at radius 1 is 0.700 bits per heavy atom. The number of nitrogens with zero attached hydrogens (tertiary/aromatic N) is 4. The SMILES string of the molecule is CCN(CC)C(Cc1ccc2c(c1)[Si]1(CCCCC1)c1cc(CC(N(CC)CC)N3C(=O)C=CC3=O)ccc1C21OC(=O)c2cc(F)c(C(N)=O)cc21)N1C(=O)C=CC1=O. The van der Waals surface area contributed by atoms with Crippen molar-refractivity contribution in [1.82, 2.24) is 19.6 Å². The van der Waals surface area contributed by atoms with Gasteiger partial charge in [0, 0.05) is 53.8 Å². The quantitative estimate of drug-likeness (QED) is 0.155. The van der Waals surface area contributed by atoms with Gasteiger partial charge >= 0.3 is 5.97 Å². The first-order valence-corrected chi connectivity index (χ1v) is 23.5. The summed E-state index contributed by atoms with van der Waals surface area (Å²) in [6.45, 7) is 10.4. The maximum atomic E-state index is 15.4. The van der Waals surface area contributed by atoms with Crippen molar-refractivity contribution in [3.8, 4) is 0 Å². The Kier molecular flexibility index (Phi) is 10.8. The molecule has 0 bridgehead atoms. The van der Waals surface area contributed by atoms with Crippen LogP contribution in [0.1, 0.15) is 95.5 Å². The highest BCUT2D eigenvalue weighted by atomic mass is 28.3. The minimum atomic E-state index is -2.77. The summed E-state index contributed by atoms with van der Waals surface area (Å²) in [7, 11) is -2.77. The number of halogens is 1. The molecule has 0 saturated carbocycles. The molecule has 1 saturated heterocycles. The topological polar surface area (TPSA) is 151 Å². The van der Waals surface area contributed by atoms with Crippen molar-refractivity contribution in [3.05, 3.63) is 118 Å². The number of benzene rings is 3. The first-order valence-electron chi connectivity index (χ1n) is 21.1. The number of rotatable bonds is 13. The van der Waals surface area contributed by atoms with Crippen LogP contribution in [-0.2, 0) is 42.4 Å². The Morgan fingerprint density at radius 3 is 1.57 bits per heavy atom. The third kappa shape index (κ3) is 6.38. The van der Waals surface area contributed by atoms with E-state index in [2.05, 4.69) is 21.9 Å². The van der Waals surface area contributed by atoms with Crippen LogP contribution in [0.5, 0.6) is 0 Å². The number of carbonyl (C=O) groups excluding carboxylic acids is 6. The Labute approximate surface area is 349 Å². The number of ether oxygens (including phenoxy) is 1. The molecule has 0 aromatic heterocycles. The summed E-state index contributed by atoms with van der Waals surface area (Å²) in [5, 5.41) is 2.08. The molecule has 60 heavy (non-hydrogen) atoms. The van der Waals surface area contributed by atoms with E-state index >= 15 is 4.39 Å². The highest BCUT2D eigenvalue weighted by Gasteiger charge is 2.59. The van der Waals surface area contributed by atoms with E-state index in [1.165, 1.54) is 40.2 Å². The van der Waals surface area contributed by atoms with E-state index in [0.717, 1.165) is 70.0 Å². The summed E-state index contributed by atoms with van der Waals surface area (Å²) < 4.78 is 22.0. The van der Waals surface area contributed by atoms with E-state index in [1.807, 2.05) is 52.0 Å². The molecule has 2 unspecified atom stereocenters. The highest BCUT2D eigenvalue weighted by Crippen LogP contribution is 2.51. The molecule has 14 heteroatoms. The molecule has 5 aliphatic heterocycles. The maximum Gasteiger partial charge on any atom is 0.340 e. The predicted molar refractivity (Wildman–Crippen MR) is 224 cm³/mol. The van der Waals surface area contributed by atoms with E-state index in [9.17, 15) is 28.8 Å². The summed E-state index contributed by atoms with van der Waals surface area (Å²) in [4.78, 5) is 86.0. The standard InChI is InChI=1S/C46H50FN5O7Si/c1-5-49(6-2)38(51-40(53)16-17-41(51)54)24-28-12-14-32-36(22-28)60(20-10-9-11-21-60)37-23-29(25-39(50(7-3)8-4)52-42(55)18-19-43(52)56)13-15-33(37)46(32)34-26-31(44(48)57)35(47)27-30(34)45(58)59-46/h12-19,22-23,26-27,38-39H,5-11,20-21,24-25H2,1-4H3,(H2,48,57). The average Bonchev–Trinajstić information content (AvgIpc) is 3.86. The second kappa shape index (κ2) is 15.8. The number of imide groups is 2. The van der Waals surface area contributed by atoms with Crippen molar-refractivity contribution < 1.29 is 37.9 Å². The molecule has 2 spiro atoms. The minimum absolute atomic E-state index is 0.00382. The van der Waals surface area contributed by atoms with Crippen LogP contribution in [0.3, 0.4) is 0 Å². The van der Waals surface area contributed by atoms with Gasteiger partial charge in [0.25, 0.3) is 29.5 Å². The summed E-state index contributed by atoms with van der Waals surface area (Å²) in [6, 6.07) is 16.4. The van der Waals surface area contributed by atoms with E-state index in [4.69, 9.17) is 10.5 Å². The number of hydrogen-bond donors (Lipinski definition) is 1. The fourth-order valence-corrected chi connectivity index (χ4v) is 16.4. The Morgan fingerprint density at radius 2 is 1.15 bits per heavy atom. The molecule has 12 nitrogen and oxygen atoms in total. The lowest BCUT2D eigenvalue weighted by Gasteiger charge is -2.48. The van der Waals surface area contributed by atoms with Crippen LogP contribution in [0.2, 0.25) is 12.1 Å². The van der Waals surface area contributed by atoms with Crippen molar-refractivity contribution in [2.24, 2.45) is 5.73 Å². The number of fused-ring (bicyclic) bond motifs is 8. The lowest BCUT2D eigenvalue weighted by atomic mass is 9.78. The number of primary amides is 1. The third-order valence-corrected chi connectivity index (χ3v) is 18.8. The predicted octanol–water partition coefficient (Wildman–Crippen LogP) is 3.72. The zero-order chi connectivity index (χ0) is 42.7. The van der Waals surface area contributed by atoms with Crippen molar-refractivity contribution in [3.63, 3.8) is 0 Å². The number of likely N-dealkylation sites (N-methyl/N-ethyl adjacent to an activating group) is 2. The van der Waals surface area contributed by atoms with Gasteiger partial charge in [0.1, 0.15) is 13.9 Å². The molecule has 2 atom stereocenters. The first kappa shape index (κ1) is 41.2. The minimum Gasteiger partial charge on any atom is -0.441 e. The molecule has 312 valence electrons. The number of amides is 5. The van der Waals surface area contributed by atoms with Gasteiger partial charge in [-0.05, 0) is 71.9 Å². The van der Waals surface area contributed by atoms with Crippen LogP contribution >= 0.6 is 0 Å². The summed E-state index contributed by atoms with van der Waals surface area (Å²) >= 11 is 0. The second-order valence-corrected chi connectivity index (χ2v) is 20.5. The van der Waals surface area contributed by atoms with Gasteiger partial charge in [0.05, 0.1) is 23.5 Å². The van der Waals surface area contributed by atoms with Gasteiger partial charge in [0.2, 0.25) is 0 Å². The molecule has 5 heterocycles.